The molecule has 1 heterocycles. The molecule has 0 aliphatic heterocycles. The molecule has 0 aliphatic carbocycles. The van der Waals surface area contributed by atoms with Crippen molar-refractivity contribution in [2.45, 2.75) is 0 Å². The third-order valence-corrected chi connectivity index (χ3v) is 3.37. The summed E-state index contributed by atoms with van der Waals surface area (Å²) in [7, 11) is 1.58. The molecule has 0 atom stereocenters. The van der Waals surface area contributed by atoms with Crippen molar-refractivity contribution >= 4 is 17.2 Å². The summed E-state index contributed by atoms with van der Waals surface area (Å²) in [4.78, 5) is 14.8. The number of nitrogens with one attached hydrogen (secondary N) is 1. The third kappa shape index (κ3) is 4.03. The number of para-hydroxylation sites is 2. The maximum Gasteiger partial charge on any atom is 0.292 e. The van der Waals surface area contributed by atoms with Crippen molar-refractivity contribution < 1.29 is 14.4 Å². The Labute approximate surface area is 144 Å². The van der Waals surface area contributed by atoms with Gasteiger partial charge in [-0.05, 0) is 24.3 Å². The van der Waals surface area contributed by atoms with Crippen molar-refractivity contribution in [1.82, 2.24) is 4.98 Å². The van der Waals surface area contributed by atoms with Crippen molar-refractivity contribution in [2.24, 2.45) is 0 Å². The lowest BCUT2D eigenvalue weighted by atomic mass is 10.2. The molecule has 0 bridgehead atoms. The normalized spacial score (nSPS) is 10.1. The van der Waals surface area contributed by atoms with Gasteiger partial charge in [0.1, 0.15) is 28.8 Å². The molecule has 25 heavy (non-hydrogen) atoms. The summed E-state index contributed by atoms with van der Waals surface area (Å²) in [6.07, 6.45) is 1.56. The molecule has 3 aromatic rings. The summed E-state index contributed by atoms with van der Waals surface area (Å²) < 4.78 is 10.9. The molecule has 7 nitrogen and oxygen atoms in total. The fourth-order valence-electron chi connectivity index (χ4n) is 2.22. The van der Waals surface area contributed by atoms with Crippen LogP contribution in [0.5, 0.6) is 17.2 Å². The maximum absolute atomic E-state index is 11.1. The van der Waals surface area contributed by atoms with E-state index in [2.05, 4.69) is 10.3 Å². The van der Waals surface area contributed by atoms with Crippen molar-refractivity contribution in [3.8, 4) is 17.2 Å². The van der Waals surface area contributed by atoms with Gasteiger partial charge in [-0.15, -0.1) is 0 Å². The molecule has 0 saturated heterocycles. The lowest BCUT2D eigenvalue weighted by Gasteiger charge is -2.10. The fraction of sp³-hybridized carbons (Fsp3) is 0.0556. The zero-order valence-corrected chi connectivity index (χ0v) is 13.4. The Morgan fingerprint density at radius 2 is 1.76 bits per heavy atom. The molecule has 3 rings (SSSR count). The number of aromatic nitrogens is 1. The number of hydrogen-bond donors (Lipinski definition) is 1. The van der Waals surface area contributed by atoms with E-state index >= 15 is 0 Å². The Morgan fingerprint density at radius 1 is 1.00 bits per heavy atom. The highest BCUT2D eigenvalue weighted by molar-refractivity contribution is 5.68. The SMILES string of the molecule is COc1cccc(Oc2ccnc(Nc3ccccc3[N+](=O)[O-])c2)c1. The first-order chi connectivity index (χ1) is 12.2. The number of anilines is 2. The number of pyridine rings is 1. The van der Waals surface area contributed by atoms with Crippen molar-refractivity contribution in [2.75, 3.05) is 12.4 Å². The minimum atomic E-state index is -0.446. The molecule has 1 aromatic heterocycles. The second kappa shape index (κ2) is 7.31. The number of methoxy groups -OCH3 is 1. The molecule has 2 aromatic carbocycles. The number of ether oxygens (including phenoxy) is 2. The largest absolute Gasteiger partial charge is 0.497 e. The molecule has 126 valence electrons. The van der Waals surface area contributed by atoms with Crippen LogP contribution in [0.3, 0.4) is 0 Å². The van der Waals surface area contributed by atoms with Crippen LogP contribution in [-0.4, -0.2) is 17.0 Å². The minimum Gasteiger partial charge on any atom is -0.497 e. The van der Waals surface area contributed by atoms with Gasteiger partial charge in [-0.2, -0.15) is 0 Å². The van der Waals surface area contributed by atoms with Gasteiger partial charge in [0.2, 0.25) is 0 Å². The first kappa shape index (κ1) is 16.3. The van der Waals surface area contributed by atoms with E-state index in [1.54, 1.807) is 55.8 Å². The molecule has 0 saturated carbocycles. The number of rotatable bonds is 6. The highest BCUT2D eigenvalue weighted by Gasteiger charge is 2.13. The molecule has 0 spiro atoms. The molecule has 0 amide bonds. The Bertz CT molecular complexity index is 899. The van der Waals surface area contributed by atoms with Gasteiger partial charge in [-0.25, -0.2) is 4.98 Å². The van der Waals surface area contributed by atoms with E-state index in [4.69, 9.17) is 9.47 Å². The number of hydrogen-bond acceptors (Lipinski definition) is 6. The van der Waals surface area contributed by atoms with Crippen LogP contribution in [0, 0.1) is 10.1 Å². The quantitative estimate of drug-likeness (QED) is 0.525. The van der Waals surface area contributed by atoms with Gasteiger partial charge in [0.15, 0.2) is 0 Å². The number of benzene rings is 2. The van der Waals surface area contributed by atoms with Gasteiger partial charge in [0.25, 0.3) is 5.69 Å². The number of nitro groups is 1. The predicted octanol–water partition coefficient (Wildman–Crippen LogP) is 4.53. The number of nitro benzene ring substituents is 1. The van der Waals surface area contributed by atoms with Crippen LogP contribution in [0.2, 0.25) is 0 Å². The van der Waals surface area contributed by atoms with Gasteiger partial charge < -0.3 is 14.8 Å². The van der Waals surface area contributed by atoms with E-state index in [9.17, 15) is 10.1 Å². The summed E-state index contributed by atoms with van der Waals surface area (Å²) in [5.74, 6) is 2.28. The zero-order valence-electron chi connectivity index (χ0n) is 13.4. The van der Waals surface area contributed by atoms with E-state index in [-0.39, 0.29) is 5.69 Å². The van der Waals surface area contributed by atoms with Gasteiger partial charge in [0, 0.05) is 24.4 Å². The lowest BCUT2D eigenvalue weighted by Crippen LogP contribution is -1.98. The number of nitrogens with zero attached hydrogens (tertiary/aromatic N) is 2. The van der Waals surface area contributed by atoms with Crippen LogP contribution in [0.25, 0.3) is 0 Å². The first-order valence-corrected chi connectivity index (χ1v) is 7.44. The standard InChI is InChI=1S/C18H15N3O4/c1-24-13-5-4-6-14(11-13)25-15-9-10-19-18(12-15)20-16-7-2-3-8-17(16)21(22)23/h2-12H,1H3,(H,19,20). The molecular formula is C18H15N3O4. The minimum absolute atomic E-state index is 0.0246. The van der Waals surface area contributed by atoms with Crippen LogP contribution in [0.1, 0.15) is 0 Å². The van der Waals surface area contributed by atoms with Gasteiger partial charge in [-0.1, -0.05) is 18.2 Å². The summed E-state index contributed by atoms with van der Waals surface area (Å²) in [6, 6.07) is 16.9. The Balaban J connectivity index is 1.81. The average molecular weight is 337 g/mol. The monoisotopic (exact) mass is 337 g/mol. The molecule has 1 N–H and O–H groups in total. The van der Waals surface area contributed by atoms with Crippen LogP contribution < -0.4 is 14.8 Å². The summed E-state index contributed by atoms with van der Waals surface area (Å²) in [5.41, 5.74) is 0.335. The van der Waals surface area contributed by atoms with Gasteiger partial charge in [-0.3, -0.25) is 10.1 Å². The van der Waals surface area contributed by atoms with Crippen molar-refractivity contribution in [3.05, 3.63) is 77.0 Å². The van der Waals surface area contributed by atoms with Crippen LogP contribution in [0.15, 0.2) is 66.9 Å². The van der Waals surface area contributed by atoms with Crippen molar-refractivity contribution in [3.63, 3.8) is 0 Å². The molecule has 0 aliphatic rings. The summed E-state index contributed by atoms with van der Waals surface area (Å²) in [5, 5.41) is 14.0. The topological polar surface area (TPSA) is 86.5 Å². The second-order valence-corrected chi connectivity index (χ2v) is 5.06. The van der Waals surface area contributed by atoms with Crippen molar-refractivity contribution in [1.29, 1.82) is 0 Å². The zero-order chi connectivity index (χ0) is 17.6. The third-order valence-electron chi connectivity index (χ3n) is 3.37. The second-order valence-electron chi connectivity index (χ2n) is 5.06. The van der Waals surface area contributed by atoms with E-state index in [1.165, 1.54) is 6.07 Å². The summed E-state index contributed by atoms with van der Waals surface area (Å²) >= 11 is 0. The molecule has 7 heteroatoms. The average Bonchev–Trinajstić information content (AvgIpc) is 2.62. The molecule has 0 radical (unpaired) electrons. The van der Waals surface area contributed by atoms with Crippen LogP contribution in [0.4, 0.5) is 17.2 Å². The smallest absolute Gasteiger partial charge is 0.292 e. The highest BCUT2D eigenvalue weighted by atomic mass is 16.6. The Morgan fingerprint density at radius 3 is 2.56 bits per heavy atom. The molecule has 0 fully saturated rings. The summed E-state index contributed by atoms with van der Waals surface area (Å²) in [6.45, 7) is 0. The maximum atomic E-state index is 11.1. The van der Waals surface area contributed by atoms with E-state index in [0.29, 0.717) is 28.8 Å². The Hall–Kier alpha value is -3.61. The lowest BCUT2D eigenvalue weighted by molar-refractivity contribution is -0.383. The fourth-order valence-corrected chi connectivity index (χ4v) is 2.22. The first-order valence-electron chi connectivity index (χ1n) is 7.44. The van der Waals surface area contributed by atoms with E-state index < -0.39 is 4.92 Å². The van der Waals surface area contributed by atoms with E-state index in [0.717, 1.165) is 0 Å². The predicted molar refractivity (Wildman–Crippen MR) is 93.7 cm³/mol. The van der Waals surface area contributed by atoms with Crippen LogP contribution >= 0.6 is 0 Å². The Kier molecular flexibility index (Phi) is 4.75. The van der Waals surface area contributed by atoms with Gasteiger partial charge >= 0.3 is 0 Å². The molecule has 0 unspecified atom stereocenters. The molecular weight excluding hydrogens is 322 g/mol. The highest BCUT2D eigenvalue weighted by Crippen LogP contribution is 2.29. The van der Waals surface area contributed by atoms with Crippen LogP contribution in [-0.2, 0) is 0 Å². The van der Waals surface area contributed by atoms with Gasteiger partial charge in [0.05, 0.1) is 12.0 Å². The van der Waals surface area contributed by atoms with E-state index in [1.807, 2.05) is 12.1 Å².